The summed E-state index contributed by atoms with van der Waals surface area (Å²) < 4.78 is 5.28. The molecule has 0 aliphatic carbocycles. The number of hydrogen-bond donors (Lipinski definition) is 1. The molecule has 4 heteroatoms. The van der Waals surface area contributed by atoms with E-state index in [-0.39, 0.29) is 24.1 Å². The van der Waals surface area contributed by atoms with E-state index < -0.39 is 0 Å². The molecule has 1 amide bonds. The number of carbonyl (C=O) groups excluding carboxylic acids is 1. The van der Waals surface area contributed by atoms with Gasteiger partial charge < -0.3 is 14.7 Å². The Bertz CT molecular complexity index is 482. The van der Waals surface area contributed by atoms with E-state index in [0.29, 0.717) is 6.54 Å². The number of hydrogen-bond acceptors (Lipinski definition) is 3. The van der Waals surface area contributed by atoms with Crippen LogP contribution in [0.25, 0.3) is 0 Å². The van der Waals surface area contributed by atoms with Crippen LogP contribution in [-0.4, -0.2) is 29.1 Å². The van der Waals surface area contributed by atoms with Crippen molar-refractivity contribution in [2.24, 2.45) is 0 Å². The third-order valence-corrected chi connectivity index (χ3v) is 3.11. The van der Waals surface area contributed by atoms with Crippen LogP contribution in [0.5, 0.6) is 5.75 Å². The van der Waals surface area contributed by atoms with Gasteiger partial charge in [0.2, 0.25) is 5.91 Å². The van der Waals surface area contributed by atoms with Gasteiger partial charge in [0.15, 0.2) is 0 Å². The summed E-state index contributed by atoms with van der Waals surface area (Å²) in [5.41, 5.74) is 0.968. The topological polar surface area (TPSA) is 49.8 Å². The second-order valence-corrected chi connectivity index (χ2v) is 4.41. The molecule has 1 aromatic carbocycles. The van der Waals surface area contributed by atoms with Crippen LogP contribution in [0.3, 0.4) is 0 Å². The summed E-state index contributed by atoms with van der Waals surface area (Å²) in [4.78, 5) is 13.6. The van der Waals surface area contributed by atoms with Crippen molar-refractivity contribution >= 4 is 5.91 Å². The van der Waals surface area contributed by atoms with Gasteiger partial charge in [0.05, 0.1) is 25.3 Å². The molecule has 18 heavy (non-hydrogen) atoms. The number of benzene rings is 1. The molecule has 1 unspecified atom stereocenters. The van der Waals surface area contributed by atoms with Crippen LogP contribution >= 0.6 is 0 Å². The Balaban J connectivity index is 2.21. The molecular weight excluding hydrogens is 230 g/mol. The maximum atomic E-state index is 11.9. The van der Waals surface area contributed by atoms with Gasteiger partial charge in [-0.05, 0) is 19.1 Å². The lowest BCUT2D eigenvalue weighted by Gasteiger charge is -2.31. The van der Waals surface area contributed by atoms with Gasteiger partial charge >= 0.3 is 0 Å². The SMILES string of the molecule is COc1ccccc1CN1C(=O)CC(O)=CC1C. The van der Waals surface area contributed by atoms with Gasteiger partial charge in [-0.25, -0.2) is 0 Å². The molecule has 0 bridgehead atoms. The molecule has 1 atom stereocenters. The first-order chi connectivity index (χ1) is 8.61. The lowest BCUT2D eigenvalue weighted by molar-refractivity contribution is -0.133. The first-order valence-electron chi connectivity index (χ1n) is 5.93. The molecule has 2 rings (SSSR count). The van der Waals surface area contributed by atoms with Crippen molar-refractivity contribution in [2.45, 2.75) is 25.9 Å². The Morgan fingerprint density at radius 1 is 1.44 bits per heavy atom. The molecule has 0 spiro atoms. The van der Waals surface area contributed by atoms with Crippen molar-refractivity contribution in [3.63, 3.8) is 0 Å². The minimum Gasteiger partial charge on any atom is -0.512 e. The summed E-state index contributed by atoms with van der Waals surface area (Å²) in [7, 11) is 1.62. The molecular formula is C14H17NO3. The zero-order chi connectivity index (χ0) is 13.1. The van der Waals surface area contributed by atoms with E-state index in [2.05, 4.69) is 0 Å². The number of aliphatic hydroxyl groups is 1. The summed E-state index contributed by atoms with van der Waals surface area (Å²) in [5.74, 6) is 0.869. The van der Waals surface area contributed by atoms with Crippen molar-refractivity contribution in [1.29, 1.82) is 0 Å². The summed E-state index contributed by atoms with van der Waals surface area (Å²) in [6.07, 6.45) is 1.79. The molecule has 0 saturated heterocycles. The van der Waals surface area contributed by atoms with Crippen LogP contribution in [0.1, 0.15) is 18.9 Å². The standard InChI is InChI=1S/C14H17NO3/c1-10-7-12(16)8-14(17)15(10)9-11-5-3-4-6-13(11)18-2/h3-7,10,16H,8-9H2,1-2H3. The first-order valence-corrected chi connectivity index (χ1v) is 5.93. The highest BCUT2D eigenvalue weighted by Gasteiger charge is 2.25. The van der Waals surface area contributed by atoms with E-state index in [1.807, 2.05) is 31.2 Å². The number of ether oxygens (including phenoxy) is 1. The van der Waals surface area contributed by atoms with E-state index in [9.17, 15) is 9.90 Å². The number of carbonyl (C=O) groups is 1. The third kappa shape index (κ3) is 2.47. The molecule has 1 aliphatic rings. The smallest absolute Gasteiger partial charge is 0.230 e. The summed E-state index contributed by atoms with van der Waals surface area (Å²) in [6.45, 7) is 2.39. The maximum Gasteiger partial charge on any atom is 0.230 e. The number of aliphatic hydroxyl groups excluding tert-OH is 1. The molecule has 1 heterocycles. The number of para-hydroxylation sites is 1. The summed E-state index contributed by atoms with van der Waals surface area (Å²) in [5, 5.41) is 9.42. The van der Waals surface area contributed by atoms with Crippen molar-refractivity contribution in [3.05, 3.63) is 41.7 Å². The Morgan fingerprint density at radius 3 is 2.83 bits per heavy atom. The van der Waals surface area contributed by atoms with Crippen molar-refractivity contribution in [3.8, 4) is 5.75 Å². The third-order valence-electron chi connectivity index (χ3n) is 3.11. The fourth-order valence-corrected chi connectivity index (χ4v) is 2.16. The minimum atomic E-state index is -0.101. The van der Waals surface area contributed by atoms with Gasteiger partial charge in [0.25, 0.3) is 0 Å². The zero-order valence-electron chi connectivity index (χ0n) is 10.6. The average molecular weight is 247 g/mol. The van der Waals surface area contributed by atoms with E-state index in [1.165, 1.54) is 0 Å². The molecule has 4 nitrogen and oxygen atoms in total. The average Bonchev–Trinajstić information content (AvgIpc) is 2.34. The quantitative estimate of drug-likeness (QED) is 0.891. The fourth-order valence-electron chi connectivity index (χ4n) is 2.16. The molecule has 0 aromatic heterocycles. The van der Waals surface area contributed by atoms with Gasteiger partial charge in [-0.1, -0.05) is 18.2 Å². The van der Waals surface area contributed by atoms with Crippen molar-refractivity contribution in [2.75, 3.05) is 7.11 Å². The number of methoxy groups -OCH3 is 1. The predicted molar refractivity (Wildman–Crippen MR) is 68.3 cm³/mol. The van der Waals surface area contributed by atoms with Crippen molar-refractivity contribution < 1.29 is 14.6 Å². The Morgan fingerprint density at radius 2 is 2.17 bits per heavy atom. The zero-order valence-corrected chi connectivity index (χ0v) is 10.6. The Labute approximate surface area is 106 Å². The molecule has 96 valence electrons. The molecule has 0 radical (unpaired) electrons. The van der Waals surface area contributed by atoms with E-state index >= 15 is 0 Å². The van der Waals surface area contributed by atoms with Gasteiger partial charge in [-0.3, -0.25) is 4.79 Å². The second-order valence-electron chi connectivity index (χ2n) is 4.41. The fraction of sp³-hybridized carbons (Fsp3) is 0.357. The number of amides is 1. The summed E-state index contributed by atoms with van der Waals surface area (Å²) >= 11 is 0. The van der Waals surface area contributed by atoms with Gasteiger partial charge in [-0.15, -0.1) is 0 Å². The van der Waals surface area contributed by atoms with Crippen LogP contribution in [0.4, 0.5) is 0 Å². The van der Waals surface area contributed by atoms with Gasteiger partial charge in [0.1, 0.15) is 5.75 Å². The molecule has 1 aliphatic heterocycles. The largest absolute Gasteiger partial charge is 0.512 e. The molecule has 0 fully saturated rings. The second kappa shape index (κ2) is 5.12. The van der Waals surface area contributed by atoms with Crippen LogP contribution < -0.4 is 4.74 Å². The molecule has 1 N–H and O–H groups in total. The highest BCUT2D eigenvalue weighted by Crippen LogP contribution is 2.23. The normalized spacial score (nSPS) is 19.7. The van der Waals surface area contributed by atoms with Crippen LogP contribution in [0, 0.1) is 0 Å². The Hall–Kier alpha value is -1.97. The molecule has 0 saturated carbocycles. The first kappa shape index (κ1) is 12.5. The minimum absolute atomic E-state index is 0.0617. The van der Waals surface area contributed by atoms with E-state index in [0.717, 1.165) is 11.3 Å². The highest BCUT2D eigenvalue weighted by molar-refractivity contribution is 5.80. The maximum absolute atomic E-state index is 11.9. The van der Waals surface area contributed by atoms with Crippen LogP contribution in [0.2, 0.25) is 0 Å². The van der Waals surface area contributed by atoms with Crippen LogP contribution in [-0.2, 0) is 11.3 Å². The monoisotopic (exact) mass is 247 g/mol. The van der Waals surface area contributed by atoms with Crippen molar-refractivity contribution in [1.82, 2.24) is 4.90 Å². The Kier molecular flexibility index (Phi) is 3.55. The van der Waals surface area contributed by atoms with E-state index in [4.69, 9.17) is 4.74 Å². The predicted octanol–water partition coefficient (Wildman–Crippen LogP) is 2.26. The van der Waals surface area contributed by atoms with Gasteiger partial charge in [0, 0.05) is 12.1 Å². The highest BCUT2D eigenvalue weighted by atomic mass is 16.5. The summed E-state index contributed by atoms with van der Waals surface area (Å²) in [6, 6.07) is 7.54. The number of rotatable bonds is 3. The van der Waals surface area contributed by atoms with Crippen LogP contribution in [0.15, 0.2) is 36.1 Å². The lowest BCUT2D eigenvalue weighted by Crippen LogP contribution is -2.40. The van der Waals surface area contributed by atoms with Gasteiger partial charge in [-0.2, -0.15) is 0 Å². The lowest BCUT2D eigenvalue weighted by atomic mass is 10.1. The molecule has 1 aromatic rings. The van der Waals surface area contributed by atoms with E-state index in [1.54, 1.807) is 18.1 Å². The number of nitrogens with zero attached hydrogens (tertiary/aromatic N) is 1.